The van der Waals surface area contributed by atoms with Gasteiger partial charge in [-0.25, -0.2) is 0 Å². The highest BCUT2D eigenvalue weighted by Crippen LogP contribution is 2.41. The minimum Gasteiger partial charge on any atom is -0.329 e. The summed E-state index contributed by atoms with van der Waals surface area (Å²) in [6, 6.07) is 5.07. The van der Waals surface area contributed by atoms with Crippen LogP contribution in [-0.4, -0.2) is 12.3 Å². The van der Waals surface area contributed by atoms with Crippen LogP contribution in [0.4, 0.5) is 0 Å². The molecule has 0 radical (unpaired) electrons. The van der Waals surface area contributed by atoms with Crippen LogP contribution in [0.3, 0.4) is 0 Å². The van der Waals surface area contributed by atoms with Crippen molar-refractivity contribution in [3.8, 4) is 0 Å². The Kier molecular flexibility index (Phi) is 4.54. The molecule has 0 spiro atoms. The molecule has 0 atom stereocenters. The lowest BCUT2D eigenvalue weighted by Gasteiger charge is -2.37. The van der Waals surface area contributed by atoms with Gasteiger partial charge in [-0.1, -0.05) is 30.1 Å². The molecule has 0 saturated heterocycles. The minimum atomic E-state index is -0.413. The second kappa shape index (κ2) is 5.82. The van der Waals surface area contributed by atoms with Gasteiger partial charge in [0, 0.05) is 17.5 Å². The highest BCUT2D eigenvalue weighted by atomic mass is 35.5. The highest BCUT2D eigenvalue weighted by Gasteiger charge is 2.40. The normalized spacial score (nSPS) is 27.3. The number of halogens is 2. The summed E-state index contributed by atoms with van der Waals surface area (Å²) in [5.74, 6) is 0.793. The molecule has 1 aliphatic rings. The number of nitrogens with two attached hydrogens (primary N) is 1. The summed E-state index contributed by atoms with van der Waals surface area (Å²) in [6.07, 6.45) is 3.85. The maximum atomic E-state index is 12.7. The van der Waals surface area contributed by atoms with Gasteiger partial charge in [0.1, 0.15) is 0 Å². The molecule has 1 aromatic rings. The standard InChI is InChI=1S/C15H19Cl2NO/c1-10-4-6-15(9-18,7-5-10)14(19)11-2-3-12(16)13(17)8-11/h2-3,8,10H,4-7,9,18H2,1H3. The van der Waals surface area contributed by atoms with E-state index >= 15 is 0 Å². The molecule has 19 heavy (non-hydrogen) atoms. The van der Waals surface area contributed by atoms with Crippen LogP contribution in [0.15, 0.2) is 18.2 Å². The molecule has 1 aliphatic carbocycles. The molecular weight excluding hydrogens is 281 g/mol. The number of carbonyl (C=O) groups is 1. The molecule has 104 valence electrons. The molecule has 1 fully saturated rings. The lowest BCUT2D eigenvalue weighted by atomic mass is 9.67. The van der Waals surface area contributed by atoms with Crippen molar-refractivity contribution >= 4 is 29.0 Å². The summed E-state index contributed by atoms with van der Waals surface area (Å²) < 4.78 is 0. The molecule has 2 rings (SSSR count). The zero-order chi connectivity index (χ0) is 14.0. The molecule has 2 N–H and O–H groups in total. The molecule has 0 aromatic heterocycles. The average Bonchev–Trinajstić information content (AvgIpc) is 2.42. The minimum absolute atomic E-state index is 0.112. The van der Waals surface area contributed by atoms with E-state index in [1.165, 1.54) is 0 Å². The third-order valence-electron chi connectivity index (χ3n) is 4.29. The summed E-state index contributed by atoms with van der Waals surface area (Å²) in [7, 11) is 0. The maximum absolute atomic E-state index is 12.7. The fourth-order valence-electron chi connectivity index (χ4n) is 2.78. The summed E-state index contributed by atoms with van der Waals surface area (Å²) in [5.41, 5.74) is 6.12. The van der Waals surface area contributed by atoms with E-state index in [1.54, 1.807) is 18.2 Å². The topological polar surface area (TPSA) is 43.1 Å². The lowest BCUT2D eigenvalue weighted by molar-refractivity contribution is 0.0695. The van der Waals surface area contributed by atoms with Gasteiger partial charge in [-0.05, 0) is 49.8 Å². The largest absolute Gasteiger partial charge is 0.329 e. The van der Waals surface area contributed by atoms with E-state index in [9.17, 15) is 4.79 Å². The van der Waals surface area contributed by atoms with Gasteiger partial charge in [0.2, 0.25) is 0 Å². The fraction of sp³-hybridized carbons (Fsp3) is 0.533. The van der Waals surface area contributed by atoms with Crippen molar-refractivity contribution in [3.63, 3.8) is 0 Å². The molecule has 1 saturated carbocycles. The predicted molar refractivity (Wildman–Crippen MR) is 79.9 cm³/mol. The van der Waals surface area contributed by atoms with Gasteiger partial charge in [-0.15, -0.1) is 0 Å². The molecule has 0 amide bonds. The Bertz CT molecular complexity index is 479. The van der Waals surface area contributed by atoms with Crippen molar-refractivity contribution < 1.29 is 4.79 Å². The Labute approximate surface area is 124 Å². The van der Waals surface area contributed by atoms with Crippen molar-refractivity contribution in [2.75, 3.05) is 6.54 Å². The van der Waals surface area contributed by atoms with Gasteiger partial charge < -0.3 is 5.73 Å². The van der Waals surface area contributed by atoms with Crippen LogP contribution >= 0.6 is 23.2 Å². The third kappa shape index (κ3) is 2.96. The summed E-state index contributed by atoms with van der Waals surface area (Å²) in [6.45, 7) is 2.63. The predicted octanol–water partition coefficient (Wildman–Crippen LogP) is 4.33. The van der Waals surface area contributed by atoms with Crippen molar-refractivity contribution in [1.82, 2.24) is 0 Å². The molecule has 4 heteroatoms. The lowest BCUT2D eigenvalue weighted by Crippen LogP contribution is -2.41. The zero-order valence-electron chi connectivity index (χ0n) is 11.1. The van der Waals surface area contributed by atoms with Gasteiger partial charge in [0.05, 0.1) is 10.0 Å². The number of benzene rings is 1. The van der Waals surface area contributed by atoms with E-state index in [2.05, 4.69) is 6.92 Å². The van der Waals surface area contributed by atoms with E-state index in [0.717, 1.165) is 25.7 Å². The molecule has 0 unspecified atom stereocenters. The first-order chi connectivity index (χ1) is 8.98. The van der Waals surface area contributed by atoms with Gasteiger partial charge in [-0.3, -0.25) is 4.79 Å². The van der Waals surface area contributed by atoms with Crippen LogP contribution in [-0.2, 0) is 0 Å². The van der Waals surface area contributed by atoms with Crippen LogP contribution in [0, 0.1) is 11.3 Å². The Balaban J connectivity index is 2.28. The number of Topliss-reactive ketones (excluding diaryl/α,β-unsaturated/α-hetero) is 1. The fourth-order valence-corrected chi connectivity index (χ4v) is 3.08. The number of carbonyl (C=O) groups excluding carboxylic acids is 1. The Hall–Kier alpha value is -0.570. The average molecular weight is 300 g/mol. The molecule has 0 bridgehead atoms. The highest BCUT2D eigenvalue weighted by molar-refractivity contribution is 6.42. The Morgan fingerprint density at radius 3 is 2.47 bits per heavy atom. The molecule has 0 aliphatic heterocycles. The summed E-state index contributed by atoms with van der Waals surface area (Å²) in [4.78, 5) is 12.7. The smallest absolute Gasteiger partial charge is 0.170 e. The zero-order valence-corrected chi connectivity index (χ0v) is 12.6. The number of rotatable bonds is 3. The van der Waals surface area contributed by atoms with Crippen LogP contribution < -0.4 is 5.73 Å². The van der Waals surface area contributed by atoms with Crippen molar-refractivity contribution in [3.05, 3.63) is 33.8 Å². The van der Waals surface area contributed by atoms with Crippen LogP contribution in [0.5, 0.6) is 0 Å². The van der Waals surface area contributed by atoms with Crippen molar-refractivity contribution in [2.45, 2.75) is 32.6 Å². The van der Waals surface area contributed by atoms with Crippen LogP contribution in [0.25, 0.3) is 0 Å². The molecular formula is C15H19Cl2NO. The Morgan fingerprint density at radius 1 is 1.32 bits per heavy atom. The van der Waals surface area contributed by atoms with E-state index in [0.29, 0.717) is 28.1 Å². The first kappa shape index (κ1) is 14.8. The monoisotopic (exact) mass is 299 g/mol. The molecule has 0 heterocycles. The number of hydrogen-bond donors (Lipinski definition) is 1. The first-order valence-corrected chi connectivity index (χ1v) is 7.44. The van der Waals surface area contributed by atoms with E-state index < -0.39 is 5.41 Å². The molecule has 1 aromatic carbocycles. The van der Waals surface area contributed by atoms with Gasteiger partial charge in [0.15, 0.2) is 5.78 Å². The van der Waals surface area contributed by atoms with Gasteiger partial charge in [0.25, 0.3) is 0 Å². The first-order valence-electron chi connectivity index (χ1n) is 6.68. The number of ketones is 1. The third-order valence-corrected chi connectivity index (χ3v) is 5.02. The van der Waals surface area contributed by atoms with Crippen LogP contribution in [0.1, 0.15) is 43.0 Å². The van der Waals surface area contributed by atoms with Gasteiger partial charge >= 0.3 is 0 Å². The van der Waals surface area contributed by atoms with E-state index in [1.807, 2.05) is 0 Å². The second-order valence-electron chi connectivity index (χ2n) is 5.62. The van der Waals surface area contributed by atoms with Crippen molar-refractivity contribution in [1.29, 1.82) is 0 Å². The Morgan fingerprint density at radius 2 is 1.95 bits per heavy atom. The molecule has 2 nitrogen and oxygen atoms in total. The maximum Gasteiger partial charge on any atom is 0.170 e. The quantitative estimate of drug-likeness (QED) is 0.844. The second-order valence-corrected chi connectivity index (χ2v) is 6.44. The summed E-state index contributed by atoms with van der Waals surface area (Å²) >= 11 is 11.9. The number of hydrogen-bond acceptors (Lipinski definition) is 2. The van der Waals surface area contributed by atoms with Crippen LogP contribution in [0.2, 0.25) is 10.0 Å². The van der Waals surface area contributed by atoms with Gasteiger partial charge in [-0.2, -0.15) is 0 Å². The van der Waals surface area contributed by atoms with E-state index in [4.69, 9.17) is 28.9 Å². The summed E-state index contributed by atoms with van der Waals surface area (Å²) in [5, 5.41) is 0.890. The van der Waals surface area contributed by atoms with E-state index in [-0.39, 0.29) is 5.78 Å². The SMILES string of the molecule is CC1CCC(CN)(C(=O)c2ccc(Cl)c(Cl)c2)CC1. The van der Waals surface area contributed by atoms with Crippen molar-refractivity contribution in [2.24, 2.45) is 17.1 Å².